The van der Waals surface area contributed by atoms with Crippen molar-refractivity contribution in [3.05, 3.63) is 28.7 Å². The van der Waals surface area contributed by atoms with Crippen LogP contribution in [0.4, 0.5) is 5.69 Å². The lowest BCUT2D eigenvalue weighted by molar-refractivity contribution is -0.152. The third kappa shape index (κ3) is 2.66. The SMILES string of the molecule is CN(C(=O)C(C)(C)C(=O)O)c1ccccc1Br. The van der Waals surface area contributed by atoms with Crippen molar-refractivity contribution in [2.45, 2.75) is 13.8 Å². The van der Waals surface area contributed by atoms with Gasteiger partial charge in [0.15, 0.2) is 0 Å². The van der Waals surface area contributed by atoms with E-state index in [1.54, 1.807) is 25.2 Å². The molecule has 0 heterocycles. The molecule has 0 saturated carbocycles. The topological polar surface area (TPSA) is 57.6 Å². The van der Waals surface area contributed by atoms with Gasteiger partial charge in [0.1, 0.15) is 5.41 Å². The van der Waals surface area contributed by atoms with Gasteiger partial charge in [-0.2, -0.15) is 0 Å². The van der Waals surface area contributed by atoms with Gasteiger partial charge in [-0.15, -0.1) is 0 Å². The summed E-state index contributed by atoms with van der Waals surface area (Å²) in [6, 6.07) is 7.17. The van der Waals surface area contributed by atoms with Crippen LogP contribution in [0, 0.1) is 5.41 Å². The van der Waals surface area contributed by atoms with Gasteiger partial charge in [0, 0.05) is 11.5 Å². The fraction of sp³-hybridized carbons (Fsp3) is 0.333. The van der Waals surface area contributed by atoms with Crippen molar-refractivity contribution in [2.24, 2.45) is 5.41 Å². The van der Waals surface area contributed by atoms with E-state index in [2.05, 4.69) is 15.9 Å². The molecular weight excluding hydrogens is 286 g/mol. The first-order valence-corrected chi connectivity index (χ1v) is 5.84. The van der Waals surface area contributed by atoms with Crippen LogP contribution in [-0.4, -0.2) is 24.0 Å². The number of rotatable bonds is 3. The van der Waals surface area contributed by atoms with Crippen molar-refractivity contribution in [3.63, 3.8) is 0 Å². The minimum Gasteiger partial charge on any atom is -0.480 e. The lowest BCUT2D eigenvalue weighted by atomic mass is 9.92. The molecule has 0 fully saturated rings. The van der Waals surface area contributed by atoms with E-state index in [1.807, 2.05) is 6.07 Å². The number of amides is 1. The number of carbonyl (C=O) groups is 2. The molecule has 0 atom stereocenters. The molecule has 1 amide bonds. The predicted molar refractivity (Wildman–Crippen MR) is 69.0 cm³/mol. The van der Waals surface area contributed by atoms with E-state index in [0.717, 1.165) is 4.47 Å². The maximum Gasteiger partial charge on any atom is 0.318 e. The number of carbonyl (C=O) groups excluding carboxylic acids is 1. The molecule has 0 radical (unpaired) electrons. The standard InChI is InChI=1S/C12H14BrNO3/c1-12(2,11(16)17)10(15)14(3)9-7-5-4-6-8(9)13/h4-7H,1-3H3,(H,16,17). The summed E-state index contributed by atoms with van der Waals surface area (Å²) in [5.41, 5.74) is -0.795. The number of carboxylic acids is 1. The molecule has 0 spiro atoms. The first kappa shape index (κ1) is 13.7. The fourth-order valence-corrected chi connectivity index (χ4v) is 1.89. The van der Waals surface area contributed by atoms with Crippen molar-refractivity contribution in [3.8, 4) is 0 Å². The lowest BCUT2D eigenvalue weighted by Gasteiger charge is -2.26. The molecule has 0 saturated heterocycles. The minimum atomic E-state index is -1.44. The lowest BCUT2D eigenvalue weighted by Crippen LogP contribution is -2.43. The highest BCUT2D eigenvalue weighted by molar-refractivity contribution is 9.10. The Morgan fingerprint density at radius 3 is 2.29 bits per heavy atom. The Hall–Kier alpha value is -1.36. The van der Waals surface area contributed by atoms with Gasteiger partial charge in [0.25, 0.3) is 0 Å². The third-order valence-corrected chi connectivity index (χ3v) is 3.26. The van der Waals surface area contributed by atoms with Crippen LogP contribution in [-0.2, 0) is 9.59 Å². The molecule has 0 unspecified atom stereocenters. The van der Waals surface area contributed by atoms with E-state index in [4.69, 9.17) is 5.11 Å². The number of aliphatic carboxylic acids is 1. The van der Waals surface area contributed by atoms with Crippen LogP contribution in [0.15, 0.2) is 28.7 Å². The Labute approximate surface area is 108 Å². The van der Waals surface area contributed by atoms with Crippen molar-refractivity contribution in [1.82, 2.24) is 0 Å². The Balaban J connectivity index is 3.07. The maximum atomic E-state index is 12.1. The molecule has 1 rings (SSSR count). The van der Waals surface area contributed by atoms with Gasteiger partial charge in [0.2, 0.25) is 5.91 Å². The molecule has 1 aromatic rings. The number of nitrogens with zero attached hydrogens (tertiary/aromatic N) is 1. The van der Waals surface area contributed by atoms with Gasteiger partial charge in [-0.05, 0) is 41.9 Å². The average molecular weight is 300 g/mol. The Kier molecular flexibility index (Phi) is 3.93. The third-order valence-electron chi connectivity index (χ3n) is 2.59. The zero-order valence-electron chi connectivity index (χ0n) is 9.90. The van der Waals surface area contributed by atoms with E-state index >= 15 is 0 Å². The normalized spacial score (nSPS) is 11.1. The Morgan fingerprint density at radius 1 is 1.29 bits per heavy atom. The maximum absolute atomic E-state index is 12.1. The van der Waals surface area contributed by atoms with Gasteiger partial charge in [-0.3, -0.25) is 9.59 Å². The van der Waals surface area contributed by atoms with E-state index in [9.17, 15) is 9.59 Å². The summed E-state index contributed by atoms with van der Waals surface area (Å²) in [6.45, 7) is 2.79. The van der Waals surface area contributed by atoms with Crippen LogP contribution < -0.4 is 4.90 Å². The molecule has 0 bridgehead atoms. The van der Waals surface area contributed by atoms with Gasteiger partial charge in [0.05, 0.1) is 5.69 Å². The highest BCUT2D eigenvalue weighted by atomic mass is 79.9. The molecule has 1 N–H and O–H groups in total. The number of halogens is 1. The number of para-hydroxylation sites is 1. The van der Waals surface area contributed by atoms with Crippen LogP contribution >= 0.6 is 15.9 Å². The molecule has 0 aromatic heterocycles. The number of anilines is 1. The summed E-state index contributed by atoms with van der Waals surface area (Å²) in [7, 11) is 1.56. The van der Waals surface area contributed by atoms with E-state index in [0.29, 0.717) is 5.69 Å². The van der Waals surface area contributed by atoms with Gasteiger partial charge >= 0.3 is 5.97 Å². The summed E-state index contributed by atoms with van der Waals surface area (Å²) in [5.74, 6) is -1.60. The van der Waals surface area contributed by atoms with Crippen molar-refractivity contribution < 1.29 is 14.7 Å². The highest BCUT2D eigenvalue weighted by Crippen LogP contribution is 2.28. The van der Waals surface area contributed by atoms with Gasteiger partial charge < -0.3 is 10.0 Å². The van der Waals surface area contributed by atoms with Crippen molar-refractivity contribution >= 4 is 33.5 Å². The van der Waals surface area contributed by atoms with Crippen molar-refractivity contribution in [2.75, 3.05) is 11.9 Å². The summed E-state index contributed by atoms with van der Waals surface area (Å²) >= 11 is 3.33. The molecule has 0 aliphatic heterocycles. The fourth-order valence-electron chi connectivity index (χ4n) is 1.34. The van der Waals surface area contributed by atoms with Crippen LogP contribution in [0.5, 0.6) is 0 Å². The molecular formula is C12H14BrNO3. The first-order chi connectivity index (χ1) is 7.78. The quantitative estimate of drug-likeness (QED) is 0.873. The molecule has 0 aliphatic carbocycles. The predicted octanol–water partition coefficient (Wildman–Crippen LogP) is 2.52. The zero-order chi connectivity index (χ0) is 13.2. The second kappa shape index (κ2) is 4.87. The zero-order valence-corrected chi connectivity index (χ0v) is 11.5. The van der Waals surface area contributed by atoms with Crippen LogP contribution in [0.2, 0.25) is 0 Å². The van der Waals surface area contributed by atoms with Crippen LogP contribution in [0.25, 0.3) is 0 Å². The molecule has 1 aromatic carbocycles. The summed E-state index contributed by atoms with van der Waals surface area (Å²) in [4.78, 5) is 24.5. The smallest absolute Gasteiger partial charge is 0.318 e. The molecule has 92 valence electrons. The second-order valence-electron chi connectivity index (χ2n) is 4.25. The average Bonchev–Trinajstić information content (AvgIpc) is 2.27. The molecule has 5 heteroatoms. The number of hydrogen-bond donors (Lipinski definition) is 1. The van der Waals surface area contributed by atoms with Crippen LogP contribution in [0.3, 0.4) is 0 Å². The number of benzene rings is 1. The largest absolute Gasteiger partial charge is 0.480 e. The van der Waals surface area contributed by atoms with E-state index in [-0.39, 0.29) is 0 Å². The monoisotopic (exact) mass is 299 g/mol. The van der Waals surface area contributed by atoms with Gasteiger partial charge in [-0.25, -0.2) is 0 Å². The summed E-state index contributed by atoms with van der Waals surface area (Å²) in [5, 5.41) is 9.02. The van der Waals surface area contributed by atoms with E-state index < -0.39 is 17.3 Å². The molecule has 4 nitrogen and oxygen atoms in total. The minimum absolute atomic E-state index is 0.461. The summed E-state index contributed by atoms with van der Waals surface area (Å²) < 4.78 is 0.747. The summed E-state index contributed by atoms with van der Waals surface area (Å²) in [6.07, 6.45) is 0. The Morgan fingerprint density at radius 2 is 1.82 bits per heavy atom. The van der Waals surface area contributed by atoms with Gasteiger partial charge in [-0.1, -0.05) is 12.1 Å². The first-order valence-electron chi connectivity index (χ1n) is 5.04. The second-order valence-corrected chi connectivity index (χ2v) is 5.10. The van der Waals surface area contributed by atoms with Crippen molar-refractivity contribution in [1.29, 1.82) is 0 Å². The highest BCUT2D eigenvalue weighted by Gasteiger charge is 2.38. The van der Waals surface area contributed by atoms with E-state index in [1.165, 1.54) is 18.7 Å². The van der Waals surface area contributed by atoms with Crippen LogP contribution in [0.1, 0.15) is 13.8 Å². The molecule has 0 aliphatic rings. The molecule has 17 heavy (non-hydrogen) atoms. The number of hydrogen-bond acceptors (Lipinski definition) is 2. The number of carboxylic acid groups (broad SMARTS) is 1. The Bertz CT molecular complexity index is 457.